The summed E-state index contributed by atoms with van der Waals surface area (Å²) in [5.41, 5.74) is 2.29. The van der Waals surface area contributed by atoms with Gasteiger partial charge in [-0.15, -0.1) is 0 Å². The highest BCUT2D eigenvalue weighted by Crippen LogP contribution is 2.34. The molecule has 1 atom stereocenters. The summed E-state index contributed by atoms with van der Waals surface area (Å²) in [4.78, 5) is 14.8. The van der Waals surface area contributed by atoms with Gasteiger partial charge in [0.15, 0.2) is 0 Å². The van der Waals surface area contributed by atoms with Gasteiger partial charge in [-0.05, 0) is 16.7 Å². The number of benzene rings is 2. The summed E-state index contributed by atoms with van der Waals surface area (Å²) in [7, 11) is 1.82. The van der Waals surface area contributed by atoms with E-state index in [0.29, 0.717) is 25.2 Å². The first kappa shape index (κ1) is 20.0. The molecule has 0 saturated carbocycles. The van der Waals surface area contributed by atoms with Crippen LogP contribution in [0, 0.1) is 17.5 Å². The van der Waals surface area contributed by atoms with Crippen molar-refractivity contribution in [2.75, 3.05) is 6.54 Å². The summed E-state index contributed by atoms with van der Waals surface area (Å²) in [6.07, 6.45) is 3.67. The Morgan fingerprint density at radius 1 is 1.12 bits per heavy atom. The Balaban J connectivity index is 1.47. The van der Waals surface area contributed by atoms with Crippen LogP contribution in [-0.2, 0) is 13.6 Å². The zero-order valence-electron chi connectivity index (χ0n) is 16.9. The molecule has 2 aromatic heterocycles. The van der Waals surface area contributed by atoms with Crippen LogP contribution < -0.4 is 0 Å². The normalized spacial score (nSPS) is 15.6. The number of aryl methyl sites for hydroxylation is 1. The lowest BCUT2D eigenvalue weighted by atomic mass is 9.86. The summed E-state index contributed by atoms with van der Waals surface area (Å²) >= 11 is 0. The highest BCUT2D eigenvalue weighted by molar-refractivity contribution is 5.92. The monoisotopic (exact) mass is 438 g/mol. The lowest BCUT2D eigenvalue weighted by Gasteiger charge is -2.33. The molecule has 0 spiro atoms. The van der Waals surface area contributed by atoms with Crippen molar-refractivity contribution >= 4 is 5.91 Å². The smallest absolute Gasteiger partial charge is 0.292 e. The Morgan fingerprint density at radius 3 is 2.59 bits per heavy atom. The minimum atomic E-state index is -1.13. The third-order valence-corrected chi connectivity index (χ3v) is 5.59. The molecule has 5 rings (SSSR count). The van der Waals surface area contributed by atoms with Gasteiger partial charge in [-0.3, -0.25) is 9.48 Å². The molecule has 1 aliphatic rings. The number of rotatable bonds is 3. The predicted molar refractivity (Wildman–Crippen MR) is 108 cm³/mol. The molecule has 4 aromatic rings. The molecule has 0 radical (unpaired) electrons. The van der Waals surface area contributed by atoms with E-state index < -0.39 is 28.9 Å². The molecule has 0 saturated heterocycles. The second kappa shape index (κ2) is 7.67. The fourth-order valence-electron chi connectivity index (χ4n) is 4.10. The molecule has 0 bridgehead atoms. The van der Waals surface area contributed by atoms with Gasteiger partial charge in [-0.25, -0.2) is 13.2 Å². The van der Waals surface area contributed by atoms with Crippen LogP contribution in [0.5, 0.6) is 0 Å². The van der Waals surface area contributed by atoms with Crippen molar-refractivity contribution in [1.29, 1.82) is 0 Å². The van der Waals surface area contributed by atoms with Gasteiger partial charge < -0.3 is 9.42 Å². The minimum Gasteiger partial charge on any atom is -0.350 e. The fraction of sp³-hybridized carbons (Fsp3) is 0.174. The van der Waals surface area contributed by atoms with Crippen molar-refractivity contribution in [3.05, 3.63) is 94.8 Å². The fourth-order valence-corrected chi connectivity index (χ4v) is 4.10. The molecule has 1 aliphatic heterocycles. The van der Waals surface area contributed by atoms with Crippen molar-refractivity contribution < 1.29 is 22.5 Å². The van der Waals surface area contributed by atoms with Crippen molar-refractivity contribution in [1.82, 2.24) is 19.8 Å². The van der Waals surface area contributed by atoms with E-state index in [-0.39, 0.29) is 17.4 Å². The van der Waals surface area contributed by atoms with E-state index in [4.69, 9.17) is 4.52 Å². The highest BCUT2D eigenvalue weighted by Gasteiger charge is 2.32. The van der Waals surface area contributed by atoms with Gasteiger partial charge in [0.25, 0.3) is 5.91 Å². The first-order valence-corrected chi connectivity index (χ1v) is 9.88. The maximum atomic E-state index is 14.1. The standard InChI is InChI=1S/C23H17F3N4O2/c1-29-10-14(9-27-29)17-12-30(11-13-4-2-3-5-16(13)17)23(31)21-8-20(28-32-21)22-18(25)6-15(24)7-19(22)26/h2-10,17H,11-12H2,1H3. The molecular formula is C23H17F3N4O2. The van der Waals surface area contributed by atoms with Crippen LogP contribution in [0.2, 0.25) is 0 Å². The highest BCUT2D eigenvalue weighted by atomic mass is 19.1. The van der Waals surface area contributed by atoms with Crippen LogP contribution in [0.3, 0.4) is 0 Å². The third-order valence-electron chi connectivity index (χ3n) is 5.59. The minimum absolute atomic E-state index is 0.0908. The van der Waals surface area contributed by atoms with Gasteiger partial charge in [-0.2, -0.15) is 5.10 Å². The van der Waals surface area contributed by atoms with E-state index in [9.17, 15) is 18.0 Å². The average molecular weight is 438 g/mol. The van der Waals surface area contributed by atoms with Crippen LogP contribution in [0.25, 0.3) is 11.3 Å². The molecule has 162 valence electrons. The first-order chi connectivity index (χ1) is 15.4. The Bertz CT molecular complexity index is 1310. The summed E-state index contributed by atoms with van der Waals surface area (Å²) in [6, 6.07) is 10.1. The largest absolute Gasteiger partial charge is 0.350 e. The van der Waals surface area contributed by atoms with Crippen LogP contribution in [-0.4, -0.2) is 32.3 Å². The number of nitrogens with zero attached hydrogens (tertiary/aromatic N) is 4. The van der Waals surface area contributed by atoms with E-state index in [0.717, 1.165) is 16.7 Å². The zero-order chi connectivity index (χ0) is 22.4. The number of hydrogen-bond acceptors (Lipinski definition) is 4. The van der Waals surface area contributed by atoms with Gasteiger partial charge in [0.1, 0.15) is 23.1 Å². The van der Waals surface area contributed by atoms with Crippen LogP contribution in [0.1, 0.15) is 33.2 Å². The van der Waals surface area contributed by atoms with Gasteiger partial charge in [0.2, 0.25) is 5.76 Å². The lowest BCUT2D eigenvalue weighted by Crippen LogP contribution is -2.38. The Hall–Kier alpha value is -3.88. The van der Waals surface area contributed by atoms with Crippen LogP contribution in [0.4, 0.5) is 13.2 Å². The molecule has 0 aliphatic carbocycles. The molecule has 6 nitrogen and oxygen atoms in total. The summed E-state index contributed by atoms with van der Waals surface area (Å²) in [5, 5.41) is 7.88. The van der Waals surface area contributed by atoms with E-state index in [2.05, 4.69) is 10.3 Å². The summed E-state index contributed by atoms with van der Waals surface area (Å²) < 4.78 is 48.2. The molecule has 1 amide bonds. The number of amides is 1. The zero-order valence-corrected chi connectivity index (χ0v) is 16.9. The van der Waals surface area contributed by atoms with Crippen LogP contribution >= 0.6 is 0 Å². The van der Waals surface area contributed by atoms with E-state index in [1.807, 2.05) is 37.5 Å². The van der Waals surface area contributed by atoms with E-state index in [1.165, 1.54) is 6.07 Å². The number of aromatic nitrogens is 3. The Morgan fingerprint density at radius 2 is 1.88 bits per heavy atom. The molecule has 9 heteroatoms. The van der Waals surface area contributed by atoms with Crippen molar-refractivity contribution in [2.24, 2.45) is 7.05 Å². The quantitative estimate of drug-likeness (QED) is 0.479. The molecule has 0 fully saturated rings. The molecule has 2 aromatic carbocycles. The maximum Gasteiger partial charge on any atom is 0.292 e. The Labute approximate surface area is 180 Å². The van der Waals surface area contributed by atoms with Gasteiger partial charge in [0.05, 0.1) is 11.8 Å². The number of fused-ring (bicyclic) bond motifs is 1. The van der Waals surface area contributed by atoms with Crippen LogP contribution in [0.15, 0.2) is 59.4 Å². The Kier molecular flexibility index (Phi) is 4.80. The van der Waals surface area contributed by atoms with E-state index in [1.54, 1.807) is 15.8 Å². The number of carbonyl (C=O) groups is 1. The van der Waals surface area contributed by atoms with E-state index >= 15 is 0 Å². The number of carbonyl (C=O) groups excluding carboxylic acids is 1. The number of hydrogen-bond donors (Lipinski definition) is 0. The second-order valence-electron chi connectivity index (χ2n) is 7.71. The van der Waals surface area contributed by atoms with Crippen molar-refractivity contribution in [2.45, 2.75) is 12.5 Å². The molecule has 3 heterocycles. The average Bonchev–Trinajstić information content (AvgIpc) is 3.41. The molecular weight excluding hydrogens is 421 g/mol. The van der Waals surface area contributed by atoms with Gasteiger partial charge in [-0.1, -0.05) is 29.4 Å². The van der Waals surface area contributed by atoms with Gasteiger partial charge >= 0.3 is 0 Å². The maximum absolute atomic E-state index is 14.1. The molecule has 1 unspecified atom stereocenters. The first-order valence-electron chi connectivity index (χ1n) is 9.88. The summed E-state index contributed by atoms with van der Waals surface area (Å²) in [6.45, 7) is 0.720. The summed E-state index contributed by atoms with van der Waals surface area (Å²) in [5.74, 6) is -4.01. The number of halogens is 3. The second-order valence-corrected chi connectivity index (χ2v) is 7.71. The van der Waals surface area contributed by atoms with Crippen molar-refractivity contribution in [3.63, 3.8) is 0 Å². The predicted octanol–water partition coefficient (Wildman–Crippen LogP) is 4.28. The third kappa shape index (κ3) is 3.45. The van der Waals surface area contributed by atoms with Crippen molar-refractivity contribution in [3.8, 4) is 11.3 Å². The molecule has 32 heavy (non-hydrogen) atoms. The molecule has 0 N–H and O–H groups in total. The lowest BCUT2D eigenvalue weighted by molar-refractivity contribution is 0.0683. The topological polar surface area (TPSA) is 64.2 Å². The van der Waals surface area contributed by atoms with Gasteiger partial charge in [0, 0.05) is 50.5 Å². The SMILES string of the molecule is Cn1cc(C2CN(C(=O)c3cc(-c4c(F)cc(F)cc4F)no3)Cc3ccccc32)cn1.